The topological polar surface area (TPSA) is 58.6 Å². The highest BCUT2D eigenvalue weighted by molar-refractivity contribution is 7.87. The van der Waals surface area contributed by atoms with Crippen molar-refractivity contribution < 1.29 is 13.2 Å². The third-order valence-corrected chi connectivity index (χ3v) is 3.97. The molecule has 0 spiro atoms. The third-order valence-electron chi connectivity index (χ3n) is 2.48. The van der Waals surface area contributed by atoms with Gasteiger partial charge in [-0.1, -0.05) is 25.1 Å². The number of ether oxygens (including phenoxy) is 1. The second kappa shape index (κ2) is 6.72. The molecule has 1 unspecified atom stereocenters. The van der Waals surface area contributed by atoms with Crippen LogP contribution in [0.3, 0.4) is 0 Å². The Kier molecular flexibility index (Phi) is 5.58. The van der Waals surface area contributed by atoms with E-state index in [1.165, 1.54) is 14.1 Å². The van der Waals surface area contributed by atoms with Gasteiger partial charge in [0.1, 0.15) is 11.9 Å². The SMILES string of the molecule is CCC(CNS(=O)(=O)N(C)C)Oc1ccccc1. The maximum absolute atomic E-state index is 11.6. The molecule has 1 aromatic carbocycles. The Morgan fingerprint density at radius 3 is 2.39 bits per heavy atom. The quantitative estimate of drug-likeness (QED) is 0.812. The average molecular weight is 272 g/mol. The van der Waals surface area contributed by atoms with Gasteiger partial charge in [-0.3, -0.25) is 0 Å². The van der Waals surface area contributed by atoms with E-state index < -0.39 is 10.2 Å². The summed E-state index contributed by atoms with van der Waals surface area (Å²) in [6, 6.07) is 9.37. The molecule has 1 aromatic rings. The molecule has 1 atom stereocenters. The van der Waals surface area contributed by atoms with Crippen LogP contribution in [0.15, 0.2) is 30.3 Å². The van der Waals surface area contributed by atoms with E-state index in [2.05, 4.69) is 4.72 Å². The van der Waals surface area contributed by atoms with Gasteiger partial charge in [-0.15, -0.1) is 0 Å². The van der Waals surface area contributed by atoms with E-state index >= 15 is 0 Å². The molecular formula is C12H20N2O3S. The first-order valence-electron chi connectivity index (χ1n) is 5.84. The minimum absolute atomic E-state index is 0.179. The Morgan fingerprint density at radius 2 is 1.89 bits per heavy atom. The highest BCUT2D eigenvalue weighted by Gasteiger charge is 2.16. The van der Waals surface area contributed by atoms with Crippen molar-refractivity contribution in [3.8, 4) is 5.75 Å². The van der Waals surface area contributed by atoms with Crippen molar-refractivity contribution in [3.05, 3.63) is 30.3 Å². The van der Waals surface area contributed by atoms with Crippen LogP contribution in [0, 0.1) is 0 Å². The fourth-order valence-electron chi connectivity index (χ4n) is 1.29. The van der Waals surface area contributed by atoms with Gasteiger partial charge in [0.05, 0.1) is 0 Å². The molecule has 1 N–H and O–H groups in total. The van der Waals surface area contributed by atoms with Crippen LogP contribution < -0.4 is 9.46 Å². The molecule has 0 aliphatic heterocycles. The van der Waals surface area contributed by atoms with Crippen molar-refractivity contribution in [2.45, 2.75) is 19.4 Å². The molecule has 5 nitrogen and oxygen atoms in total. The lowest BCUT2D eigenvalue weighted by Crippen LogP contribution is -2.41. The van der Waals surface area contributed by atoms with Crippen molar-refractivity contribution >= 4 is 10.2 Å². The monoisotopic (exact) mass is 272 g/mol. The lowest BCUT2D eigenvalue weighted by molar-refractivity contribution is 0.200. The predicted molar refractivity (Wildman–Crippen MR) is 71.8 cm³/mol. The number of hydrogen-bond donors (Lipinski definition) is 1. The van der Waals surface area contributed by atoms with Gasteiger partial charge in [0, 0.05) is 20.6 Å². The summed E-state index contributed by atoms with van der Waals surface area (Å²) in [5.74, 6) is 0.744. The Labute approximate surface area is 109 Å². The molecule has 0 aliphatic rings. The van der Waals surface area contributed by atoms with Crippen molar-refractivity contribution in [2.24, 2.45) is 0 Å². The first kappa shape index (κ1) is 14.9. The molecule has 0 fully saturated rings. The van der Waals surface area contributed by atoms with Crippen LogP contribution in [0.1, 0.15) is 13.3 Å². The predicted octanol–water partition coefficient (Wildman–Crippen LogP) is 1.24. The molecule has 0 aliphatic carbocycles. The van der Waals surface area contributed by atoms with Crippen LogP contribution in [0.2, 0.25) is 0 Å². The van der Waals surface area contributed by atoms with E-state index in [0.717, 1.165) is 16.5 Å². The molecule has 18 heavy (non-hydrogen) atoms. The first-order valence-corrected chi connectivity index (χ1v) is 7.28. The van der Waals surface area contributed by atoms with Gasteiger partial charge in [-0.2, -0.15) is 17.4 Å². The van der Waals surface area contributed by atoms with Gasteiger partial charge >= 0.3 is 0 Å². The highest BCUT2D eigenvalue weighted by Crippen LogP contribution is 2.12. The van der Waals surface area contributed by atoms with Crippen molar-refractivity contribution in [1.82, 2.24) is 9.03 Å². The zero-order chi connectivity index (χ0) is 13.6. The molecule has 0 saturated heterocycles. The Bertz CT molecular complexity index is 446. The largest absolute Gasteiger partial charge is 0.489 e. The maximum atomic E-state index is 11.6. The lowest BCUT2D eigenvalue weighted by Gasteiger charge is -2.19. The second-order valence-electron chi connectivity index (χ2n) is 4.10. The highest BCUT2D eigenvalue weighted by atomic mass is 32.2. The van der Waals surface area contributed by atoms with Gasteiger partial charge in [-0.05, 0) is 18.6 Å². The van der Waals surface area contributed by atoms with E-state index in [-0.39, 0.29) is 12.6 Å². The minimum atomic E-state index is -3.39. The normalized spacial score (nSPS) is 13.6. The molecule has 0 heterocycles. The molecule has 0 aromatic heterocycles. The van der Waals surface area contributed by atoms with E-state index in [1.807, 2.05) is 37.3 Å². The van der Waals surface area contributed by atoms with E-state index in [9.17, 15) is 8.42 Å². The fraction of sp³-hybridized carbons (Fsp3) is 0.500. The summed E-state index contributed by atoms with van der Waals surface area (Å²) in [7, 11) is -0.417. The fourth-order valence-corrected chi connectivity index (χ4v) is 1.94. The molecule has 0 bridgehead atoms. The number of nitrogens with zero attached hydrogens (tertiary/aromatic N) is 1. The van der Waals surface area contributed by atoms with Gasteiger partial charge in [0.15, 0.2) is 0 Å². The van der Waals surface area contributed by atoms with Crippen molar-refractivity contribution in [3.63, 3.8) is 0 Å². The van der Waals surface area contributed by atoms with Crippen LogP contribution in [0.5, 0.6) is 5.75 Å². The Hall–Kier alpha value is -1.11. The Balaban J connectivity index is 2.54. The standard InChI is InChI=1S/C12H20N2O3S/c1-4-11(10-13-18(15,16)14(2)3)17-12-8-6-5-7-9-12/h5-9,11,13H,4,10H2,1-3H3. The molecule has 6 heteroatoms. The van der Waals surface area contributed by atoms with Crippen LogP contribution >= 0.6 is 0 Å². The summed E-state index contributed by atoms with van der Waals surface area (Å²) >= 11 is 0. The first-order chi connectivity index (χ1) is 8.45. The third kappa shape index (κ3) is 4.64. The van der Waals surface area contributed by atoms with Gasteiger partial charge < -0.3 is 4.74 Å². The molecule has 102 valence electrons. The van der Waals surface area contributed by atoms with Gasteiger partial charge in [0.2, 0.25) is 0 Å². The zero-order valence-corrected chi connectivity index (χ0v) is 11.8. The number of benzene rings is 1. The lowest BCUT2D eigenvalue weighted by atomic mass is 10.2. The summed E-state index contributed by atoms with van der Waals surface area (Å²) in [6.45, 7) is 2.21. The minimum Gasteiger partial charge on any atom is -0.489 e. The van der Waals surface area contributed by atoms with Crippen LogP contribution in [-0.2, 0) is 10.2 Å². The number of para-hydroxylation sites is 1. The number of nitrogens with one attached hydrogen (secondary N) is 1. The maximum Gasteiger partial charge on any atom is 0.279 e. The Morgan fingerprint density at radius 1 is 1.28 bits per heavy atom. The summed E-state index contributed by atoms with van der Waals surface area (Å²) in [5, 5.41) is 0. The summed E-state index contributed by atoms with van der Waals surface area (Å²) in [6.07, 6.45) is 0.548. The van der Waals surface area contributed by atoms with Crippen molar-refractivity contribution in [2.75, 3.05) is 20.6 Å². The molecule has 0 amide bonds. The second-order valence-corrected chi connectivity index (χ2v) is 6.07. The molecule has 0 saturated carbocycles. The van der Waals surface area contributed by atoms with E-state index in [4.69, 9.17) is 4.74 Å². The molecule has 0 radical (unpaired) electrons. The van der Waals surface area contributed by atoms with Gasteiger partial charge in [-0.25, -0.2) is 0 Å². The van der Waals surface area contributed by atoms with Crippen LogP contribution in [0.4, 0.5) is 0 Å². The number of hydrogen-bond acceptors (Lipinski definition) is 3. The smallest absolute Gasteiger partial charge is 0.279 e. The molecular weight excluding hydrogens is 252 g/mol. The van der Waals surface area contributed by atoms with Crippen LogP contribution in [-0.4, -0.2) is 39.5 Å². The number of rotatable bonds is 7. The summed E-state index contributed by atoms with van der Waals surface area (Å²) < 4.78 is 32.5. The van der Waals surface area contributed by atoms with E-state index in [1.54, 1.807) is 0 Å². The van der Waals surface area contributed by atoms with Gasteiger partial charge in [0.25, 0.3) is 10.2 Å². The summed E-state index contributed by atoms with van der Waals surface area (Å²) in [4.78, 5) is 0. The van der Waals surface area contributed by atoms with Crippen molar-refractivity contribution in [1.29, 1.82) is 0 Å². The van der Waals surface area contributed by atoms with E-state index in [0.29, 0.717) is 0 Å². The molecule has 1 rings (SSSR count). The zero-order valence-electron chi connectivity index (χ0n) is 11.0. The summed E-state index contributed by atoms with van der Waals surface area (Å²) in [5.41, 5.74) is 0. The van der Waals surface area contributed by atoms with Crippen LogP contribution in [0.25, 0.3) is 0 Å². The average Bonchev–Trinajstić information content (AvgIpc) is 2.35.